The van der Waals surface area contributed by atoms with Crippen molar-refractivity contribution >= 4 is 11.9 Å². The maximum absolute atomic E-state index is 13.3. The molecule has 2 rings (SSSR count). The zero-order chi connectivity index (χ0) is 16.4. The first-order valence-corrected chi connectivity index (χ1v) is 6.36. The summed E-state index contributed by atoms with van der Waals surface area (Å²) in [5.74, 6) is -4.31. The number of halogens is 2. The molecule has 0 fully saturated rings. The third-order valence-electron chi connectivity index (χ3n) is 3.35. The van der Waals surface area contributed by atoms with Crippen molar-refractivity contribution in [2.45, 2.75) is 13.0 Å². The molecule has 1 aromatic heterocycles. The minimum absolute atomic E-state index is 0.144. The van der Waals surface area contributed by atoms with Gasteiger partial charge in [-0.05, 0) is 36.8 Å². The van der Waals surface area contributed by atoms with Crippen LogP contribution in [-0.2, 0) is 0 Å². The summed E-state index contributed by atoms with van der Waals surface area (Å²) in [6.45, 7) is 1.63. The number of carbonyl (C=O) groups excluding carboxylic acids is 1. The first-order valence-electron chi connectivity index (χ1n) is 6.36. The first kappa shape index (κ1) is 15.7. The molecule has 1 N–H and O–H groups in total. The molecule has 1 heterocycles. The van der Waals surface area contributed by atoms with Gasteiger partial charge in [-0.25, -0.2) is 13.6 Å². The predicted octanol–water partition coefficient (Wildman–Crippen LogP) is 3.09. The van der Waals surface area contributed by atoms with Crippen LogP contribution in [0.2, 0.25) is 0 Å². The molecule has 0 aliphatic rings. The second kappa shape index (κ2) is 5.97. The second-order valence-electron chi connectivity index (χ2n) is 4.73. The summed E-state index contributed by atoms with van der Waals surface area (Å²) in [7, 11) is 1.46. The lowest BCUT2D eigenvalue weighted by Gasteiger charge is -2.24. The Labute approximate surface area is 124 Å². The molecule has 1 atom stereocenters. The van der Waals surface area contributed by atoms with Crippen LogP contribution in [0.1, 0.15) is 39.6 Å². The Kier molecular flexibility index (Phi) is 4.25. The Balaban J connectivity index is 2.21. The van der Waals surface area contributed by atoms with Crippen molar-refractivity contribution in [2.24, 2.45) is 0 Å². The Morgan fingerprint density at radius 1 is 1.14 bits per heavy atom. The van der Waals surface area contributed by atoms with E-state index in [9.17, 15) is 18.4 Å². The topological polar surface area (TPSA) is 70.8 Å². The van der Waals surface area contributed by atoms with Crippen molar-refractivity contribution < 1.29 is 27.9 Å². The van der Waals surface area contributed by atoms with Crippen LogP contribution in [0.25, 0.3) is 0 Å². The van der Waals surface area contributed by atoms with Gasteiger partial charge in [0.15, 0.2) is 17.4 Å². The maximum atomic E-state index is 13.3. The van der Waals surface area contributed by atoms with Gasteiger partial charge in [0.1, 0.15) is 0 Å². The number of nitrogens with zero attached hydrogens (tertiary/aromatic N) is 1. The fourth-order valence-electron chi connectivity index (χ4n) is 1.91. The van der Waals surface area contributed by atoms with E-state index in [1.807, 2.05) is 0 Å². The molecule has 116 valence electrons. The van der Waals surface area contributed by atoms with Crippen LogP contribution in [0.15, 0.2) is 34.7 Å². The van der Waals surface area contributed by atoms with Crippen LogP contribution in [0.3, 0.4) is 0 Å². The summed E-state index contributed by atoms with van der Waals surface area (Å²) in [4.78, 5) is 24.2. The summed E-state index contributed by atoms with van der Waals surface area (Å²) in [6, 6.07) is 5.23. The van der Waals surface area contributed by atoms with E-state index in [0.29, 0.717) is 5.56 Å². The Morgan fingerprint density at radius 2 is 1.77 bits per heavy atom. The molecule has 0 spiro atoms. The SMILES string of the molecule is C[C@H](c1ccc(F)c(F)c1)N(C)C(=O)c1ccc(C(=O)O)o1. The van der Waals surface area contributed by atoms with Crippen molar-refractivity contribution in [1.29, 1.82) is 0 Å². The van der Waals surface area contributed by atoms with E-state index in [1.54, 1.807) is 6.92 Å². The van der Waals surface area contributed by atoms with E-state index in [0.717, 1.165) is 12.1 Å². The summed E-state index contributed by atoms with van der Waals surface area (Å²) in [5.41, 5.74) is 0.403. The van der Waals surface area contributed by atoms with Gasteiger partial charge in [0.25, 0.3) is 5.91 Å². The molecule has 0 saturated carbocycles. The smallest absolute Gasteiger partial charge is 0.371 e. The largest absolute Gasteiger partial charge is 0.475 e. The third kappa shape index (κ3) is 2.98. The van der Waals surface area contributed by atoms with Gasteiger partial charge in [-0.3, -0.25) is 4.79 Å². The van der Waals surface area contributed by atoms with Crippen molar-refractivity contribution in [3.63, 3.8) is 0 Å². The summed E-state index contributed by atoms with van der Waals surface area (Å²) in [5, 5.41) is 8.77. The summed E-state index contributed by atoms with van der Waals surface area (Å²) in [6.07, 6.45) is 0. The molecule has 5 nitrogen and oxygen atoms in total. The Hall–Kier alpha value is -2.70. The molecular weight excluding hydrogens is 296 g/mol. The fourth-order valence-corrected chi connectivity index (χ4v) is 1.91. The van der Waals surface area contributed by atoms with Crippen LogP contribution in [0, 0.1) is 11.6 Å². The molecular formula is C15H13F2NO4. The zero-order valence-corrected chi connectivity index (χ0v) is 11.8. The number of furan rings is 1. The molecule has 2 aromatic rings. The predicted molar refractivity (Wildman–Crippen MR) is 72.5 cm³/mol. The standard InChI is InChI=1S/C15H13F2NO4/c1-8(9-3-4-10(16)11(17)7-9)18(2)14(19)12-5-6-13(22-12)15(20)21/h3-8H,1-2H3,(H,20,21)/t8-/m1/s1. The number of benzene rings is 1. The normalized spacial score (nSPS) is 12.0. The zero-order valence-electron chi connectivity index (χ0n) is 11.8. The van der Waals surface area contributed by atoms with Gasteiger partial charge in [0, 0.05) is 7.05 Å². The van der Waals surface area contributed by atoms with Crippen LogP contribution < -0.4 is 0 Å². The average molecular weight is 309 g/mol. The van der Waals surface area contributed by atoms with E-state index < -0.39 is 29.6 Å². The highest BCUT2D eigenvalue weighted by Crippen LogP contribution is 2.23. The molecule has 0 aliphatic heterocycles. The number of carboxylic acids is 1. The van der Waals surface area contributed by atoms with Gasteiger partial charge in [0.05, 0.1) is 6.04 Å². The third-order valence-corrected chi connectivity index (χ3v) is 3.35. The number of hydrogen-bond donors (Lipinski definition) is 1. The molecule has 0 aliphatic carbocycles. The molecule has 1 aromatic carbocycles. The van der Waals surface area contributed by atoms with Gasteiger partial charge in [0.2, 0.25) is 5.76 Å². The fraction of sp³-hybridized carbons (Fsp3) is 0.200. The Morgan fingerprint density at radius 3 is 2.32 bits per heavy atom. The number of carbonyl (C=O) groups is 2. The molecule has 0 saturated heterocycles. The number of carboxylic acid groups (broad SMARTS) is 1. The van der Waals surface area contributed by atoms with E-state index in [-0.39, 0.29) is 11.5 Å². The number of rotatable bonds is 4. The highest BCUT2D eigenvalue weighted by molar-refractivity contribution is 5.93. The van der Waals surface area contributed by atoms with Crippen molar-refractivity contribution in [1.82, 2.24) is 4.90 Å². The van der Waals surface area contributed by atoms with Crippen LogP contribution >= 0.6 is 0 Å². The average Bonchev–Trinajstić information content (AvgIpc) is 2.98. The van der Waals surface area contributed by atoms with Crippen LogP contribution in [-0.4, -0.2) is 28.9 Å². The van der Waals surface area contributed by atoms with Crippen molar-refractivity contribution in [3.05, 3.63) is 59.1 Å². The van der Waals surface area contributed by atoms with E-state index >= 15 is 0 Å². The lowest BCUT2D eigenvalue weighted by molar-refractivity contribution is 0.0647. The number of amides is 1. The molecule has 7 heteroatoms. The van der Waals surface area contributed by atoms with Gasteiger partial charge in [-0.15, -0.1) is 0 Å². The highest BCUT2D eigenvalue weighted by Gasteiger charge is 2.23. The number of hydrogen-bond acceptors (Lipinski definition) is 3. The van der Waals surface area contributed by atoms with E-state index in [2.05, 4.69) is 0 Å². The molecule has 0 bridgehead atoms. The first-order chi connectivity index (χ1) is 10.3. The monoisotopic (exact) mass is 309 g/mol. The van der Waals surface area contributed by atoms with Gasteiger partial charge in [-0.1, -0.05) is 6.07 Å². The van der Waals surface area contributed by atoms with Gasteiger partial charge >= 0.3 is 5.97 Å². The second-order valence-corrected chi connectivity index (χ2v) is 4.73. The molecule has 0 unspecified atom stereocenters. The van der Waals surface area contributed by atoms with Crippen LogP contribution in [0.4, 0.5) is 8.78 Å². The van der Waals surface area contributed by atoms with E-state index in [4.69, 9.17) is 9.52 Å². The minimum Gasteiger partial charge on any atom is -0.475 e. The lowest BCUT2D eigenvalue weighted by atomic mass is 10.1. The summed E-state index contributed by atoms with van der Waals surface area (Å²) >= 11 is 0. The van der Waals surface area contributed by atoms with Gasteiger partial charge < -0.3 is 14.4 Å². The van der Waals surface area contributed by atoms with Gasteiger partial charge in [-0.2, -0.15) is 0 Å². The summed E-state index contributed by atoms with van der Waals surface area (Å²) < 4.78 is 31.1. The quantitative estimate of drug-likeness (QED) is 0.942. The van der Waals surface area contributed by atoms with Crippen molar-refractivity contribution in [2.75, 3.05) is 7.05 Å². The van der Waals surface area contributed by atoms with Crippen molar-refractivity contribution in [3.8, 4) is 0 Å². The Bertz CT molecular complexity index is 726. The van der Waals surface area contributed by atoms with Crippen LogP contribution in [0.5, 0.6) is 0 Å². The maximum Gasteiger partial charge on any atom is 0.371 e. The lowest BCUT2D eigenvalue weighted by Crippen LogP contribution is -2.29. The molecule has 0 radical (unpaired) electrons. The van der Waals surface area contributed by atoms with E-state index in [1.165, 1.54) is 30.1 Å². The molecule has 22 heavy (non-hydrogen) atoms. The number of aromatic carboxylic acids is 1. The minimum atomic E-state index is -1.28. The highest BCUT2D eigenvalue weighted by atomic mass is 19.2. The molecule has 1 amide bonds.